The molecule has 3 heteroatoms. The van der Waals surface area contributed by atoms with Gasteiger partial charge in [-0.2, -0.15) is 0 Å². The van der Waals surface area contributed by atoms with Crippen molar-refractivity contribution in [3.8, 4) is 0 Å². The molecule has 1 aromatic rings. The second kappa shape index (κ2) is 4.63. The summed E-state index contributed by atoms with van der Waals surface area (Å²) >= 11 is 0. The van der Waals surface area contributed by atoms with E-state index in [0.717, 1.165) is 29.8 Å². The first-order valence-corrected chi connectivity index (χ1v) is 6.93. The fourth-order valence-electron chi connectivity index (χ4n) is 3.16. The molecule has 1 saturated carbocycles. The lowest BCUT2D eigenvalue weighted by molar-refractivity contribution is -0.120. The fraction of sp³-hybridized carbons (Fsp3) is 0.533. The normalized spacial score (nSPS) is 27.1. The summed E-state index contributed by atoms with van der Waals surface area (Å²) < 4.78 is 0. The van der Waals surface area contributed by atoms with Crippen molar-refractivity contribution in [2.75, 3.05) is 10.6 Å². The number of carbonyl (C=O) groups excluding carboxylic acids is 1. The van der Waals surface area contributed by atoms with Crippen LogP contribution in [0.25, 0.3) is 0 Å². The van der Waals surface area contributed by atoms with Crippen LogP contribution in [0.3, 0.4) is 0 Å². The summed E-state index contributed by atoms with van der Waals surface area (Å²) in [6.45, 7) is 2.04. The van der Waals surface area contributed by atoms with E-state index in [-0.39, 0.29) is 11.8 Å². The molecule has 0 bridgehead atoms. The standard InChI is InChI=1S/C15H20N2O/c1-10-6-5-9-13-14(10)17-15(18)11-7-3-2-4-8-12(11)16-13/h5-6,9,11-12,16H,2-4,7-8H2,1H3,(H,17,18). The van der Waals surface area contributed by atoms with Gasteiger partial charge in [-0.1, -0.05) is 31.4 Å². The minimum absolute atomic E-state index is 0.124. The highest BCUT2D eigenvalue weighted by atomic mass is 16.2. The number of benzene rings is 1. The van der Waals surface area contributed by atoms with Crippen LogP contribution in [0.4, 0.5) is 11.4 Å². The summed E-state index contributed by atoms with van der Waals surface area (Å²) in [6, 6.07) is 6.46. The van der Waals surface area contributed by atoms with Crippen LogP contribution in [-0.4, -0.2) is 11.9 Å². The molecule has 18 heavy (non-hydrogen) atoms. The summed E-state index contributed by atoms with van der Waals surface area (Å²) in [5.41, 5.74) is 3.18. The largest absolute Gasteiger partial charge is 0.380 e. The highest BCUT2D eigenvalue weighted by Gasteiger charge is 2.33. The van der Waals surface area contributed by atoms with E-state index < -0.39 is 0 Å². The zero-order chi connectivity index (χ0) is 12.5. The summed E-state index contributed by atoms with van der Waals surface area (Å²) in [5.74, 6) is 0.321. The molecule has 2 unspecified atom stereocenters. The maximum Gasteiger partial charge on any atom is 0.229 e. The average Bonchev–Trinajstić information content (AvgIpc) is 2.64. The van der Waals surface area contributed by atoms with Crippen molar-refractivity contribution >= 4 is 17.3 Å². The number of amides is 1. The van der Waals surface area contributed by atoms with Gasteiger partial charge in [0.1, 0.15) is 0 Å². The smallest absolute Gasteiger partial charge is 0.229 e. The molecule has 2 aliphatic rings. The van der Waals surface area contributed by atoms with Crippen LogP contribution < -0.4 is 10.6 Å². The lowest BCUT2D eigenvalue weighted by Crippen LogP contribution is -2.34. The van der Waals surface area contributed by atoms with Gasteiger partial charge in [0.25, 0.3) is 0 Å². The monoisotopic (exact) mass is 244 g/mol. The number of rotatable bonds is 0. The van der Waals surface area contributed by atoms with Crippen LogP contribution in [0.2, 0.25) is 0 Å². The number of hydrogen-bond donors (Lipinski definition) is 2. The Bertz CT molecular complexity index is 470. The number of anilines is 2. The third kappa shape index (κ3) is 1.98. The Balaban J connectivity index is 1.98. The molecule has 0 spiro atoms. The summed E-state index contributed by atoms with van der Waals surface area (Å²) in [7, 11) is 0. The first-order chi connectivity index (χ1) is 8.75. The van der Waals surface area contributed by atoms with E-state index >= 15 is 0 Å². The molecule has 3 rings (SSSR count). The first kappa shape index (κ1) is 11.6. The second-order valence-corrected chi connectivity index (χ2v) is 5.48. The molecule has 1 aromatic carbocycles. The van der Waals surface area contributed by atoms with E-state index in [1.807, 2.05) is 19.1 Å². The zero-order valence-electron chi connectivity index (χ0n) is 10.8. The van der Waals surface area contributed by atoms with E-state index in [1.165, 1.54) is 19.3 Å². The molecule has 1 fully saturated rings. The molecule has 3 nitrogen and oxygen atoms in total. The minimum Gasteiger partial charge on any atom is -0.380 e. The van der Waals surface area contributed by atoms with Gasteiger partial charge in [0.05, 0.1) is 17.3 Å². The molecule has 0 saturated heterocycles. The van der Waals surface area contributed by atoms with Crippen molar-refractivity contribution in [3.05, 3.63) is 23.8 Å². The van der Waals surface area contributed by atoms with E-state index in [4.69, 9.17) is 0 Å². The quantitative estimate of drug-likeness (QED) is 0.735. The molecule has 2 atom stereocenters. The molecular weight excluding hydrogens is 224 g/mol. The van der Waals surface area contributed by atoms with Crippen molar-refractivity contribution in [2.45, 2.75) is 45.1 Å². The van der Waals surface area contributed by atoms with Gasteiger partial charge in [0.2, 0.25) is 5.91 Å². The Labute approximate surface area is 108 Å². The maximum absolute atomic E-state index is 12.4. The van der Waals surface area contributed by atoms with Gasteiger partial charge in [-0.05, 0) is 31.4 Å². The van der Waals surface area contributed by atoms with Crippen LogP contribution >= 0.6 is 0 Å². The third-order valence-corrected chi connectivity index (χ3v) is 4.21. The SMILES string of the molecule is Cc1cccc2c1NC(=O)C1CCCCCC1N2. The number of nitrogens with one attached hydrogen (secondary N) is 2. The highest BCUT2D eigenvalue weighted by molar-refractivity contribution is 5.98. The Morgan fingerprint density at radius 2 is 2.00 bits per heavy atom. The minimum atomic E-state index is 0.124. The molecule has 1 heterocycles. The van der Waals surface area contributed by atoms with Gasteiger partial charge in [-0.15, -0.1) is 0 Å². The second-order valence-electron chi connectivity index (χ2n) is 5.48. The molecule has 96 valence electrons. The van der Waals surface area contributed by atoms with E-state index in [1.54, 1.807) is 0 Å². The Morgan fingerprint density at radius 3 is 2.89 bits per heavy atom. The Morgan fingerprint density at radius 1 is 1.17 bits per heavy atom. The van der Waals surface area contributed by atoms with Gasteiger partial charge in [0.15, 0.2) is 0 Å². The van der Waals surface area contributed by atoms with Crippen molar-refractivity contribution in [2.24, 2.45) is 5.92 Å². The van der Waals surface area contributed by atoms with Gasteiger partial charge in [-0.25, -0.2) is 0 Å². The van der Waals surface area contributed by atoms with Crippen molar-refractivity contribution in [3.63, 3.8) is 0 Å². The average molecular weight is 244 g/mol. The van der Waals surface area contributed by atoms with Crippen molar-refractivity contribution in [1.82, 2.24) is 0 Å². The molecule has 2 N–H and O–H groups in total. The third-order valence-electron chi connectivity index (χ3n) is 4.21. The predicted octanol–water partition coefficient (Wildman–Crippen LogP) is 3.31. The van der Waals surface area contributed by atoms with Crippen LogP contribution in [0.5, 0.6) is 0 Å². The van der Waals surface area contributed by atoms with Gasteiger partial charge < -0.3 is 10.6 Å². The molecule has 1 aliphatic heterocycles. The molecule has 0 radical (unpaired) electrons. The summed E-state index contributed by atoms with van der Waals surface area (Å²) in [6.07, 6.45) is 5.76. The van der Waals surface area contributed by atoms with Crippen LogP contribution in [-0.2, 0) is 4.79 Å². The number of fused-ring (bicyclic) bond motifs is 2. The lowest BCUT2D eigenvalue weighted by atomic mass is 9.94. The molecular formula is C15H20N2O. The maximum atomic E-state index is 12.4. The lowest BCUT2D eigenvalue weighted by Gasteiger charge is -2.22. The molecule has 1 amide bonds. The van der Waals surface area contributed by atoms with Crippen molar-refractivity contribution in [1.29, 1.82) is 0 Å². The van der Waals surface area contributed by atoms with E-state index in [2.05, 4.69) is 16.7 Å². The molecule has 0 aromatic heterocycles. The van der Waals surface area contributed by atoms with Crippen LogP contribution in [0.15, 0.2) is 18.2 Å². The van der Waals surface area contributed by atoms with Gasteiger partial charge >= 0.3 is 0 Å². The number of hydrogen-bond acceptors (Lipinski definition) is 2. The van der Waals surface area contributed by atoms with Crippen molar-refractivity contribution < 1.29 is 4.79 Å². The Kier molecular flexibility index (Phi) is 2.98. The topological polar surface area (TPSA) is 41.1 Å². The summed E-state index contributed by atoms with van der Waals surface area (Å²) in [4.78, 5) is 12.4. The van der Waals surface area contributed by atoms with Crippen LogP contribution in [0.1, 0.15) is 37.7 Å². The summed E-state index contributed by atoms with van der Waals surface area (Å²) in [5, 5.41) is 6.71. The predicted molar refractivity (Wildman–Crippen MR) is 73.8 cm³/mol. The highest BCUT2D eigenvalue weighted by Crippen LogP contribution is 2.35. The number of aryl methyl sites for hydroxylation is 1. The number of carbonyl (C=O) groups is 1. The van der Waals surface area contributed by atoms with Gasteiger partial charge in [0, 0.05) is 6.04 Å². The fourth-order valence-corrected chi connectivity index (χ4v) is 3.16. The number of para-hydroxylation sites is 1. The van der Waals surface area contributed by atoms with E-state index in [0.29, 0.717) is 6.04 Å². The van der Waals surface area contributed by atoms with E-state index in [9.17, 15) is 4.79 Å². The first-order valence-electron chi connectivity index (χ1n) is 6.93. The molecule has 1 aliphatic carbocycles. The van der Waals surface area contributed by atoms with Gasteiger partial charge in [-0.3, -0.25) is 4.79 Å². The Hall–Kier alpha value is -1.51. The van der Waals surface area contributed by atoms with Crippen LogP contribution in [0, 0.1) is 12.8 Å². The zero-order valence-corrected chi connectivity index (χ0v) is 10.8.